The average Bonchev–Trinajstić information content (AvgIpc) is 2.30. The maximum Gasteiger partial charge on any atom is 0.311 e. The quantitative estimate of drug-likeness (QED) is 0.573. The second-order valence-corrected chi connectivity index (χ2v) is 4.14. The van der Waals surface area contributed by atoms with Crippen LogP contribution in [0.3, 0.4) is 0 Å². The maximum absolute atomic E-state index is 11.1. The number of rotatable bonds is 2. The number of pyridine rings is 1. The minimum atomic E-state index is -0.425. The van der Waals surface area contributed by atoms with Crippen molar-refractivity contribution in [2.24, 2.45) is 0 Å². The van der Waals surface area contributed by atoms with Gasteiger partial charge < -0.3 is 4.90 Å². The predicted octanol–water partition coefficient (Wildman–Crippen LogP) is 1.47. The van der Waals surface area contributed by atoms with Crippen LogP contribution in [0.2, 0.25) is 0 Å². The molecule has 0 amide bonds. The van der Waals surface area contributed by atoms with Gasteiger partial charge in [0, 0.05) is 38.2 Å². The Morgan fingerprint density at radius 2 is 2.06 bits per heavy atom. The van der Waals surface area contributed by atoms with Gasteiger partial charge in [0.2, 0.25) is 5.82 Å². The van der Waals surface area contributed by atoms with Gasteiger partial charge in [-0.25, -0.2) is 4.98 Å². The summed E-state index contributed by atoms with van der Waals surface area (Å²) in [6.45, 7) is 2.79. The fraction of sp³-hybridized carbons (Fsp3) is 0.455. The molecule has 0 atom stereocenters. The van der Waals surface area contributed by atoms with Crippen molar-refractivity contribution >= 4 is 17.3 Å². The molecule has 1 aromatic heterocycles. The molecule has 0 spiro atoms. The summed E-state index contributed by atoms with van der Waals surface area (Å²) in [6.07, 6.45) is 2.48. The van der Waals surface area contributed by atoms with Gasteiger partial charge in [0.1, 0.15) is 5.78 Å². The first-order valence-electron chi connectivity index (χ1n) is 5.45. The number of nitrogens with zero attached hydrogens (tertiary/aromatic N) is 3. The van der Waals surface area contributed by atoms with Crippen LogP contribution in [-0.2, 0) is 4.79 Å². The van der Waals surface area contributed by atoms with E-state index in [9.17, 15) is 14.9 Å². The number of carbonyl (C=O) groups is 1. The second-order valence-electron chi connectivity index (χ2n) is 4.14. The molecular formula is C11H13N3O3. The molecule has 0 unspecified atom stereocenters. The van der Waals surface area contributed by atoms with E-state index in [1.54, 1.807) is 18.0 Å². The van der Waals surface area contributed by atoms with Crippen molar-refractivity contribution in [1.82, 2.24) is 4.98 Å². The number of hydrogen-bond acceptors (Lipinski definition) is 5. The van der Waals surface area contributed by atoms with Gasteiger partial charge in [0.05, 0.1) is 4.92 Å². The molecule has 0 aromatic carbocycles. The molecule has 0 radical (unpaired) electrons. The molecule has 1 saturated heterocycles. The Kier molecular flexibility index (Phi) is 3.03. The molecule has 0 bridgehead atoms. The van der Waals surface area contributed by atoms with Gasteiger partial charge in [-0.1, -0.05) is 0 Å². The molecule has 1 aliphatic heterocycles. The van der Waals surface area contributed by atoms with E-state index in [0.29, 0.717) is 31.7 Å². The van der Waals surface area contributed by atoms with Crippen LogP contribution in [0, 0.1) is 17.0 Å². The van der Waals surface area contributed by atoms with E-state index in [1.807, 2.05) is 0 Å². The first-order valence-corrected chi connectivity index (χ1v) is 5.45. The van der Waals surface area contributed by atoms with Gasteiger partial charge in [-0.05, 0) is 12.5 Å². The number of Topliss-reactive ketones (excluding diaryl/α,β-unsaturated/α-hetero) is 1. The standard InChI is InChI=1S/C11H13N3O3/c1-8-6-10(14(16)17)11(12-7-8)13-4-2-9(15)3-5-13/h6-7H,2-5H2,1H3. The molecule has 2 heterocycles. The molecule has 1 aliphatic rings. The van der Waals surface area contributed by atoms with Gasteiger partial charge in [-0.2, -0.15) is 0 Å². The van der Waals surface area contributed by atoms with Gasteiger partial charge >= 0.3 is 5.69 Å². The lowest BCUT2D eigenvalue weighted by atomic mass is 10.1. The Morgan fingerprint density at radius 3 is 2.65 bits per heavy atom. The Hall–Kier alpha value is -1.98. The molecule has 2 rings (SSSR count). The molecule has 1 fully saturated rings. The highest BCUT2D eigenvalue weighted by Crippen LogP contribution is 2.27. The minimum absolute atomic E-state index is 0.0133. The fourth-order valence-electron chi connectivity index (χ4n) is 1.89. The van der Waals surface area contributed by atoms with Crippen molar-refractivity contribution in [2.45, 2.75) is 19.8 Å². The second kappa shape index (κ2) is 4.48. The number of aromatic nitrogens is 1. The smallest absolute Gasteiger partial charge is 0.311 e. The molecule has 90 valence electrons. The lowest BCUT2D eigenvalue weighted by Gasteiger charge is -2.26. The van der Waals surface area contributed by atoms with E-state index in [0.717, 1.165) is 5.56 Å². The van der Waals surface area contributed by atoms with E-state index in [1.165, 1.54) is 6.07 Å². The number of anilines is 1. The zero-order valence-electron chi connectivity index (χ0n) is 9.55. The lowest BCUT2D eigenvalue weighted by molar-refractivity contribution is -0.384. The highest BCUT2D eigenvalue weighted by Gasteiger charge is 2.24. The topological polar surface area (TPSA) is 76.3 Å². The third kappa shape index (κ3) is 2.41. The van der Waals surface area contributed by atoms with Crippen LogP contribution >= 0.6 is 0 Å². The van der Waals surface area contributed by atoms with Crippen LogP contribution in [0.1, 0.15) is 18.4 Å². The molecule has 17 heavy (non-hydrogen) atoms. The van der Waals surface area contributed by atoms with Crippen molar-refractivity contribution < 1.29 is 9.72 Å². The van der Waals surface area contributed by atoms with Crippen molar-refractivity contribution in [3.63, 3.8) is 0 Å². The maximum atomic E-state index is 11.1. The zero-order valence-corrected chi connectivity index (χ0v) is 9.55. The largest absolute Gasteiger partial charge is 0.350 e. The normalized spacial score (nSPS) is 16.1. The van der Waals surface area contributed by atoms with Crippen LogP contribution in [-0.4, -0.2) is 28.8 Å². The molecule has 0 aliphatic carbocycles. The number of piperidine rings is 1. The highest BCUT2D eigenvalue weighted by atomic mass is 16.6. The Bertz CT molecular complexity index is 463. The van der Waals surface area contributed by atoms with Gasteiger partial charge in [0.15, 0.2) is 0 Å². The van der Waals surface area contributed by atoms with Crippen LogP contribution in [0.5, 0.6) is 0 Å². The van der Waals surface area contributed by atoms with Crippen LogP contribution in [0.4, 0.5) is 11.5 Å². The number of ketones is 1. The third-order valence-corrected chi connectivity index (χ3v) is 2.80. The molecule has 0 saturated carbocycles. The van der Waals surface area contributed by atoms with Crippen LogP contribution in [0.15, 0.2) is 12.3 Å². The fourth-order valence-corrected chi connectivity index (χ4v) is 1.89. The summed E-state index contributed by atoms with van der Waals surface area (Å²) in [5.41, 5.74) is 0.771. The lowest BCUT2D eigenvalue weighted by Crippen LogP contribution is -2.34. The number of hydrogen-bond donors (Lipinski definition) is 0. The summed E-state index contributed by atoms with van der Waals surface area (Å²) < 4.78 is 0. The Balaban J connectivity index is 2.31. The highest BCUT2D eigenvalue weighted by molar-refractivity contribution is 5.81. The summed E-state index contributed by atoms with van der Waals surface area (Å²) in [5, 5.41) is 11.0. The summed E-state index contributed by atoms with van der Waals surface area (Å²) in [5.74, 6) is 0.573. The van der Waals surface area contributed by atoms with E-state index in [-0.39, 0.29) is 11.5 Å². The van der Waals surface area contributed by atoms with Gasteiger partial charge in [-0.15, -0.1) is 0 Å². The first-order chi connectivity index (χ1) is 8.08. The van der Waals surface area contributed by atoms with Crippen molar-refractivity contribution in [1.29, 1.82) is 0 Å². The van der Waals surface area contributed by atoms with Crippen molar-refractivity contribution in [3.05, 3.63) is 27.9 Å². The Labute approximate surface area is 98.4 Å². The van der Waals surface area contributed by atoms with Gasteiger partial charge in [-0.3, -0.25) is 14.9 Å². The Morgan fingerprint density at radius 1 is 1.41 bits per heavy atom. The average molecular weight is 235 g/mol. The van der Waals surface area contributed by atoms with Crippen LogP contribution in [0.25, 0.3) is 0 Å². The SMILES string of the molecule is Cc1cnc(N2CCC(=O)CC2)c([N+](=O)[O-])c1. The minimum Gasteiger partial charge on any atom is -0.350 e. The van der Waals surface area contributed by atoms with Crippen molar-refractivity contribution in [2.75, 3.05) is 18.0 Å². The third-order valence-electron chi connectivity index (χ3n) is 2.80. The molecular weight excluding hydrogens is 222 g/mol. The molecule has 0 N–H and O–H groups in total. The molecule has 1 aromatic rings. The summed E-state index contributed by atoms with van der Waals surface area (Å²) in [6, 6.07) is 1.51. The monoisotopic (exact) mass is 235 g/mol. The summed E-state index contributed by atoms with van der Waals surface area (Å²) in [7, 11) is 0. The van der Waals surface area contributed by atoms with Gasteiger partial charge in [0.25, 0.3) is 0 Å². The van der Waals surface area contributed by atoms with Crippen LogP contribution < -0.4 is 4.90 Å². The zero-order chi connectivity index (χ0) is 12.4. The van der Waals surface area contributed by atoms with E-state index in [4.69, 9.17) is 0 Å². The number of nitro groups is 1. The first kappa shape index (κ1) is 11.5. The summed E-state index contributed by atoms with van der Waals surface area (Å²) >= 11 is 0. The summed E-state index contributed by atoms with van der Waals surface area (Å²) in [4.78, 5) is 27.6. The molecule has 6 nitrogen and oxygen atoms in total. The molecule has 6 heteroatoms. The number of carbonyl (C=O) groups excluding carboxylic acids is 1. The van der Waals surface area contributed by atoms with Crippen molar-refractivity contribution in [3.8, 4) is 0 Å². The van der Waals surface area contributed by atoms with E-state index >= 15 is 0 Å². The van der Waals surface area contributed by atoms with E-state index in [2.05, 4.69) is 4.98 Å². The predicted molar refractivity (Wildman–Crippen MR) is 62.1 cm³/mol. The van der Waals surface area contributed by atoms with E-state index < -0.39 is 4.92 Å². The number of aryl methyl sites for hydroxylation is 1.